The van der Waals surface area contributed by atoms with Crippen LogP contribution in [0.4, 0.5) is 0 Å². The third-order valence-electron chi connectivity index (χ3n) is 3.64. The minimum Gasteiger partial charge on any atom is -0.443 e. The van der Waals surface area contributed by atoms with Crippen LogP contribution in [0.3, 0.4) is 0 Å². The molecule has 5 nitrogen and oxygen atoms in total. The summed E-state index contributed by atoms with van der Waals surface area (Å²) in [7, 11) is 0. The molecule has 0 spiro atoms. The Hall–Kier alpha value is -2.70. The maximum absolute atomic E-state index is 12.6. The molecule has 0 aliphatic rings. The molecule has 0 bridgehead atoms. The second-order valence-corrected chi connectivity index (χ2v) is 6.98. The van der Waals surface area contributed by atoms with Crippen LogP contribution in [0.25, 0.3) is 10.6 Å². The number of ether oxygens (including phenoxy) is 1. The molecule has 0 aliphatic carbocycles. The molecule has 0 radical (unpaired) electrons. The second kappa shape index (κ2) is 7.68. The molecule has 132 valence electrons. The van der Waals surface area contributed by atoms with E-state index in [1.54, 1.807) is 49.4 Å². The average molecular weight is 387 g/mol. The van der Waals surface area contributed by atoms with Gasteiger partial charge in [0.25, 0.3) is 5.91 Å². The molecule has 0 saturated carbocycles. The zero-order chi connectivity index (χ0) is 18.7. The molecule has 1 atom stereocenters. The first-order valence-electron chi connectivity index (χ1n) is 7.74. The lowest BCUT2D eigenvalue weighted by atomic mass is 10.1. The van der Waals surface area contributed by atoms with Crippen LogP contribution in [0.2, 0.25) is 5.02 Å². The third-order valence-corrected chi connectivity index (χ3v) is 5.06. The lowest BCUT2D eigenvalue weighted by Crippen LogP contribution is -2.26. The highest BCUT2D eigenvalue weighted by molar-refractivity contribution is 7.17. The van der Waals surface area contributed by atoms with Crippen molar-refractivity contribution in [2.45, 2.75) is 13.0 Å². The van der Waals surface area contributed by atoms with Gasteiger partial charge in [0.15, 0.2) is 0 Å². The molecule has 0 fully saturated rings. The highest BCUT2D eigenvalue weighted by Gasteiger charge is 2.26. The van der Waals surface area contributed by atoms with E-state index >= 15 is 0 Å². The van der Waals surface area contributed by atoms with Crippen LogP contribution >= 0.6 is 22.9 Å². The van der Waals surface area contributed by atoms with E-state index in [1.165, 1.54) is 11.3 Å². The fourth-order valence-corrected chi connectivity index (χ4v) is 3.55. The fraction of sp³-hybridized carbons (Fsp3) is 0.105. The fourth-order valence-electron chi connectivity index (χ4n) is 2.41. The molecule has 2 N–H and O–H groups in total. The summed E-state index contributed by atoms with van der Waals surface area (Å²) in [5.74, 6) is -1.37. The molecule has 3 aromatic rings. The standard InChI is InChI=1S/C19H15ClN2O3S/c1-11-16(26-18(22-11)13-8-5-9-14(20)10-13)19(24)25-15(17(21)23)12-6-3-2-4-7-12/h2-10,15H,1H3,(H2,21,23). The molecule has 1 unspecified atom stereocenters. The van der Waals surface area contributed by atoms with Gasteiger partial charge < -0.3 is 10.5 Å². The van der Waals surface area contributed by atoms with Gasteiger partial charge in [-0.15, -0.1) is 11.3 Å². The summed E-state index contributed by atoms with van der Waals surface area (Å²) in [6.45, 7) is 1.71. The molecule has 26 heavy (non-hydrogen) atoms. The third kappa shape index (κ3) is 3.92. The van der Waals surface area contributed by atoms with Crippen molar-refractivity contribution >= 4 is 34.8 Å². The van der Waals surface area contributed by atoms with Gasteiger partial charge in [-0.2, -0.15) is 0 Å². The number of hydrogen-bond acceptors (Lipinski definition) is 5. The van der Waals surface area contributed by atoms with E-state index in [0.29, 0.717) is 26.2 Å². The number of aromatic nitrogens is 1. The van der Waals surface area contributed by atoms with Crippen LogP contribution in [0.1, 0.15) is 27.0 Å². The number of hydrogen-bond donors (Lipinski definition) is 1. The Balaban J connectivity index is 1.87. The predicted molar refractivity (Wildman–Crippen MR) is 101 cm³/mol. The van der Waals surface area contributed by atoms with E-state index in [1.807, 2.05) is 12.1 Å². The lowest BCUT2D eigenvalue weighted by Gasteiger charge is -2.14. The highest BCUT2D eigenvalue weighted by atomic mass is 35.5. The summed E-state index contributed by atoms with van der Waals surface area (Å²) < 4.78 is 5.37. The Kier molecular flexibility index (Phi) is 5.35. The first-order valence-corrected chi connectivity index (χ1v) is 8.94. The molecule has 1 amide bonds. The van der Waals surface area contributed by atoms with Crippen molar-refractivity contribution in [1.82, 2.24) is 4.98 Å². The van der Waals surface area contributed by atoms with Gasteiger partial charge in [0.2, 0.25) is 6.10 Å². The number of amides is 1. The van der Waals surface area contributed by atoms with Crippen LogP contribution in [0, 0.1) is 6.92 Å². The summed E-state index contributed by atoms with van der Waals surface area (Å²) >= 11 is 7.19. The molecule has 0 aliphatic heterocycles. The summed E-state index contributed by atoms with van der Waals surface area (Å²) in [6.07, 6.45) is -1.15. The van der Waals surface area contributed by atoms with Crippen LogP contribution in [0.15, 0.2) is 54.6 Å². The SMILES string of the molecule is Cc1nc(-c2cccc(Cl)c2)sc1C(=O)OC(C(N)=O)c1ccccc1. The summed E-state index contributed by atoms with van der Waals surface area (Å²) in [5, 5.41) is 1.23. The van der Waals surface area contributed by atoms with Gasteiger partial charge in [-0.3, -0.25) is 4.79 Å². The molecule has 0 saturated heterocycles. The smallest absolute Gasteiger partial charge is 0.351 e. The number of nitrogens with two attached hydrogens (primary N) is 1. The number of primary amides is 1. The van der Waals surface area contributed by atoms with Gasteiger partial charge in [0.1, 0.15) is 9.88 Å². The van der Waals surface area contributed by atoms with Crippen LogP contribution in [0.5, 0.6) is 0 Å². The highest BCUT2D eigenvalue weighted by Crippen LogP contribution is 2.31. The average Bonchev–Trinajstić information content (AvgIpc) is 3.02. The number of nitrogens with zero attached hydrogens (tertiary/aromatic N) is 1. The minimum atomic E-state index is -1.15. The van der Waals surface area contributed by atoms with Crippen molar-refractivity contribution < 1.29 is 14.3 Å². The van der Waals surface area contributed by atoms with E-state index in [-0.39, 0.29) is 0 Å². The van der Waals surface area contributed by atoms with E-state index in [2.05, 4.69) is 4.98 Å². The molecular weight excluding hydrogens is 372 g/mol. The molecule has 2 aromatic carbocycles. The Morgan fingerprint density at radius 2 is 1.88 bits per heavy atom. The van der Waals surface area contributed by atoms with Gasteiger partial charge in [-0.25, -0.2) is 9.78 Å². The number of rotatable bonds is 5. The van der Waals surface area contributed by atoms with Crippen molar-refractivity contribution in [2.75, 3.05) is 0 Å². The van der Waals surface area contributed by atoms with E-state index in [0.717, 1.165) is 5.56 Å². The number of carbonyl (C=O) groups excluding carboxylic acids is 2. The van der Waals surface area contributed by atoms with Crippen LogP contribution in [-0.4, -0.2) is 16.9 Å². The van der Waals surface area contributed by atoms with Gasteiger partial charge >= 0.3 is 5.97 Å². The number of thiazole rings is 1. The van der Waals surface area contributed by atoms with Gasteiger partial charge in [-0.1, -0.05) is 54.1 Å². The van der Waals surface area contributed by atoms with Gasteiger partial charge in [0.05, 0.1) is 5.69 Å². The second-order valence-electron chi connectivity index (χ2n) is 5.54. The maximum Gasteiger partial charge on any atom is 0.351 e. The van der Waals surface area contributed by atoms with Crippen molar-refractivity contribution in [3.8, 4) is 10.6 Å². The van der Waals surface area contributed by atoms with Crippen molar-refractivity contribution in [1.29, 1.82) is 0 Å². The molecule has 1 heterocycles. The topological polar surface area (TPSA) is 82.3 Å². The minimum absolute atomic E-state index is 0.321. The maximum atomic E-state index is 12.6. The largest absolute Gasteiger partial charge is 0.443 e. The predicted octanol–water partition coefficient (Wildman–Crippen LogP) is 4.16. The van der Waals surface area contributed by atoms with E-state index in [4.69, 9.17) is 22.1 Å². The zero-order valence-corrected chi connectivity index (χ0v) is 15.4. The number of carbonyl (C=O) groups is 2. The van der Waals surface area contributed by atoms with Crippen LogP contribution < -0.4 is 5.73 Å². The van der Waals surface area contributed by atoms with Crippen molar-refractivity contribution in [3.63, 3.8) is 0 Å². The molecule has 3 rings (SSSR count). The normalized spacial score (nSPS) is 11.8. The zero-order valence-electron chi connectivity index (χ0n) is 13.8. The van der Waals surface area contributed by atoms with Crippen molar-refractivity contribution in [2.24, 2.45) is 5.73 Å². The summed E-state index contributed by atoms with van der Waals surface area (Å²) in [4.78, 5) is 29.0. The summed E-state index contributed by atoms with van der Waals surface area (Å²) in [6, 6.07) is 15.8. The monoisotopic (exact) mass is 386 g/mol. The first kappa shape index (κ1) is 18.1. The van der Waals surface area contributed by atoms with Crippen molar-refractivity contribution in [3.05, 3.63) is 75.8 Å². The Morgan fingerprint density at radius 3 is 2.54 bits per heavy atom. The van der Waals surface area contributed by atoms with Gasteiger partial charge in [0, 0.05) is 16.1 Å². The number of aryl methyl sites for hydroxylation is 1. The number of benzene rings is 2. The number of esters is 1. The van der Waals surface area contributed by atoms with E-state index in [9.17, 15) is 9.59 Å². The lowest BCUT2D eigenvalue weighted by molar-refractivity contribution is -0.127. The molecular formula is C19H15ClN2O3S. The Labute approximate surface area is 159 Å². The van der Waals surface area contributed by atoms with Crippen LogP contribution in [-0.2, 0) is 9.53 Å². The number of halogens is 1. The Morgan fingerprint density at radius 1 is 1.15 bits per heavy atom. The van der Waals surface area contributed by atoms with E-state index < -0.39 is 18.0 Å². The summed E-state index contributed by atoms with van der Waals surface area (Å²) in [5.41, 5.74) is 7.25. The first-order chi connectivity index (χ1) is 12.5. The molecule has 7 heteroatoms. The Bertz CT molecular complexity index is 956. The van der Waals surface area contributed by atoms with Gasteiger partial charge in [-0.05, 0) is 19.1 Å². The molecule has 1 aromatic heterocycles. The quantitative estimate of drug-likeness (QED) is 0.667.